The van der Waals surface area contributed by atoms with Crippen LogP contribution in [0.3, 0.4) is 0 Å². The molecule has 1 amide bonds. The molecule has 2 fully saturated rings. The summed E-state index contributed by atoms with van der Waals surface area (Å²) in [5, 5.41) is 2.77. The maximum absolute atomic E-state index is 13.8. The van der Waals surface area contributed by atoms with Crippen LogP contribution in [0.2, 0.25) is 0 Å². The van der Waals surface area contributed by atoms with Gasteiger partial charge in [-0.1, -0.05) is 12.1 Å². The van der Waals surface area contributed by atoms with Crippen molar-refractivity contribution in [2.75, 3.05) is 67.9 Å². The van der Waals surface area contributed by atoms with Gasteiger partial charge >= 0.3 is 12.4 Å². The molecule has 4 rings (SSSR count). The van der Waals surface area contributed by atoms with Crippen molar-refractivity contribution in [1.29, 1.82) is 0 Å². The van der Waals surface area contributed by atoms with Gasteiger partial charge in [0.2, 0.25) is 21.8 Å². The number of rotatable bonds is 10. The maximum Gasteiger partial charge on any atom is 0.451 e. The smallest absolute Gasteiger partial charge is 0.370 e. The summed E-state index contributed by atoms with van der Waals surface area (Å²) in [4.78, 5) is 27.2. The molecule has 0 spiro atoms. The van der Waals surface area contributed by atoms with Gasteiger partial charge in [0.1, 0.15) is 11.6 Å². The summed E-state index contributed by atoms with van der Waals surface area (Å²) < 4.78 is 106. The minimum atomic E-state index is -4.86. The number of piperazine rings is 1. The van der Waals surface area contributed by atoms with Crippen molar-refractivity contribution in [2.45, 2.75) is 31.6 Å². The number of nitrogens with two attached hydrogens (primary N) is 2. The maximum atomic E-state index is 13.8. The highest BCUT2D eigenvalue weighted by molar-refractivity contribution is 7.89. The molecule has 3 heterocycles. The number of nitrogens with zero attached hydrogens (tertiary/aromatic N) is 6. The third-order valence-electron chi connectivity index (χ3n) is 7.66. The molecule has 5 N–H and O–H groups in total. The molecule has 46 heavy (non-hydrogen) atoms. The van der Waals surface area contributed by atoms with Gasteiger partial charge in [-0.3, -0.25) is 9.79 Å². The van der Waals surface area contributed by atoms with Crippen LogP contribution in [-0.2, 0) is 33.6 Å². The first-order valence-electron chi connectivity index (χ1n) is 14.5. The van der Waals surface area contributed by atoms with E-state index in [1.54, 1.807) is 9.80 Å². The molecule has 1 atom stereocenters. The first kappa shape index (κ1) is 35.0. The molecule has 0 saturated carbocycles. The molecular formula is C27H35F6N9O3S. The Kier molecular flexibility index (Phi) is 10.9. The molecular weight excluding hydrogens is 644 g/mol. The van der Waals surface area contributed by atoms with Crippen molar-refractivity contribution in [3.05, 3.63) is 47.3 Å². The van der Waals surface area contributed by atoms with E-state index in [2.05, 4.69) is 20.3 Å². The Hall–Kier alpha value is -3.87. The number of alkyl halides is 6. The van der Waals surface area contributed by atoms with E-state index in [9.17, 15) is 39.6 Å². The number of carbonyl (C=O) groups is 1. The van der Waals surface area contributed by atoms with Gasteiger partial charge in [0.05, 0.1) is 23.8 Å². The van der Waals surface area contributed by atoms with E-state index in [-0.39, 0.29) is 75.1 Å². The van der Waals surface area contributed by atoms with Crippen molar-refractivity contribution in [1.82, 2.24) is 19.6 Å². The number of benzene rings is 1. The molecule has 2 saturated heterocycles. The predicted octanol–water partition coefficient (Wildman–Crippen LogP) is 1.81. The molecule has 0 unspecified atom stereocenters. The van der Waals surface area contributed by atoms with Crippen LogP contribution in [0.15, 0.2) is 35.3 Å². The van der Waals surface area contributed by atoms with E-state index >= 15 is 0 Å². The van der Waals surface area contributed by atoms with Gasteiger partial charge in [0.25, 0.3) is 0 Å². The monoisotopic (exact) mass is 679 g/mol. The molecule has 19 heteroatoms. The first-order chi connectivity index (χ1) is 21.5. The zero-order valence-electron chi connectivity index (χ0n) is 24.7. The Balaban J connectivity index is 1.39. The Morgan fingerprint density at radius 2 is 1.57 bits per heavy atom. The number of carbonyl (C=O) groups excluding carboxylic acids is 1. The Bertz CT molecular complexity index is 1490. The van der Waals surface area contributed by atoms with E-state index in [4.69, 9.17) is 11.5 Å². The van der Waals surface area contributed by atoms with E-state index in [1.807, 2.05) is 0 Å². The van der Waals surface area contributed by atoms with Crippen molar-refractivity contribution in [3.63, 3.8) is 0 Å². The first-order valence-corrected chi connectivity index (χ1v) is 16.1. The molecule has 12 nitrogen and oxygen atoms in total. The number of sulfonamides is 1. The fourth-order valence-corrected chi connectivity index (χ4v) is 6.52. The summed E-state index contributed by atoms with van der Waals surface area (Å²) in [5.41, 5.74) is 10.3. The second-order valence-corrected chi connectivity index (χ2v) is 13.0. The summed E-state index contributed by atoms with van der Waals surface area (Å²) in [5.74, 6) is -2.81. The fourth-order valence-electron chi connectivity index (χ4n) is 5.22. The zero-order chi connectivity index (χ0) is 33.7. The quantitative estimate of drug-likeness (QED) is 0.193. The molecule has 1 aromatic heterocycles. The number of anilines is 2. The van der Waals surface area contributed by atoms with E-state index in [0.29, 0.717) is 31.4 Å². The number of amides is 1. The zero-order valence-corrected chi connectivity index (χ0v) is 25.5. The second kappa shape index (κ2) is 14.3. The van der Waals surface area contributed by atoms with Gasteiger partial charge < -0.3 is 26.6 Å². The lowest BCUT2D eigenvalue weighted by Gasteiger charge is -2.36. The number of nitrogens with one attached hydrogen (secondary N) is 1. The minimum absolute atomic E-state index is 0.00753. The second-order valence-electron chi connectivity index (χ2n) is 10.9. The Morgan fingerprint density at radius 1 is 0.935 bits per heavy atom. The molecule has 0 bridgehead atoms. The third kappa shape index (κ3) is 9.34. The number of piperidine rings is 1. The van der Waals surface area contributed by atoms with Gasteiger partial charge in [0, 0.05) is 51.9 Å². The molecule has 1 aromatic carbocycles. The average Bonchev–Trinajstić information content (AvgIpc) is 3.00. The van der Waals surface area contributed by atoms with Crippen LogP contribution in [0.5, 0.6) is 0 Å². The summed E-state index contributed by atoms with van der Waals surface area (Å²) in [6.07, 6.45) is -8.00. The number of hydrogen-bond acceptors (Lipinski definition) is 8. The highest BCUT2D eigenvalue weighted by Crippen LogP contribution is 2.32. The summed E-state index contributed by atoms with van der Waals surface area (Å²) in [6.45, 7) is 0.702. The molecule has 2 aromatic rings. The summed E-state index contributed by atoms with van der Waals surface area (Å²) in [6, 6.07) is 6.04. The Labute approximate surface area is 261 Å². The fraction of sp³-hybridized carbons (Fsp3) is 0.556. The van der Waals surface area contributed by atoms with Crippen molar-refractivity contribution >= 4 is 33.5 Å². The normalized spacial score (nSPS) is 18.3. The van der Waals surface area contributed by atoms with Crippen molar-refractivity contribution < 1.29 is 39.6 Å². The van der Waals surface area contributed by atoms with Gasteiger partial charge in [-0.15, -0.1) is 0 Å². The van der Waals surface area contributed by atoms with Gasteiger partial charge in [-0.25, -0.2) is 18.4 Å². The lowest BCUT2D eigenvalue weighted by atomic mass is 9.97. The van der Waals surface area contributed by atoms with Crippen LogP contribution in [0.1, 0.15) is 29.8 Å². The lowest BCUT2D eigenvalue weighted by molar-refractivity contribution is -0.145. The number of guanidine groups is 1. The van der Waals surface area contributed by atoms with Gasteiger partial charge in [-0.05, 0) is 37.0 Å². The van der Waals surface area contributed by atoms with Crippen LogP contribution >= 0.6 is 0 Å². The minimum Gasteiger partial charge on any atom is -0.370 e. The molecule has 2 aliphatic rings. The third-order valence-corrected chi connectivity index (χ3v) is 9.51. The topological polar surface area (TPSA) is 163 Å². The van der Waals surface area contributed by atoms with Crippen LogP contribution in [0.25, 0.3) is 0 Å². The lowest BCUT2D eigenvalue weighted by Crippen LogP contribution is -2.50. The SMILES string of the molecule is NC(N)=NCCS(=O)(=O)N1CCN(c2cc(N3CCC[C@@H](C(=O)NCCc4ccc(C(F)(F)F)cc4)C3)nc(C(F)(F)F)n2)CC1. The average molecular weight is 680 g/mol. The van der Waals surface area contributed by atoms with Crippen LogP contribution in [0, 0.1) is 5.92 Å². The highest BCUT2D eigenvalue weighted by Gasteiger charge is 2.38. The van der Waals surface area contributed by atoms with Crippen molar-refractivity contribution in [3.8, 4) is 0 Å². The summed E-state index contributed by atoms with van der Waals surface area (Å²) in [7, 11) is -3.70. The molecule has 0 radical (unpaired) electrons. The number of halogens is 6. The van der Waals surface area contributed by atoms with E-state index in [0.717, 1.165) is 12.1 Å². The van der Waals surface area contributed by atoms with Crippen LogP contribution < -0.4 is 26.6 Å². The number of aliphatic imine (C=N–C) groups is 1. The molecule has 254 valence electrons. The number of aromatic nitrogens is 2. The van der Waals surface area contributed by atoms with Crippen LogP contribution in [0.4, 0.5) is 38.0 Å². The summed E-state index contributed by atoms with van der Waals surface area (Å²) >= 11 is 0. The largest absolute Gasteiger partial charge is 0.451 e. The van der Waals surface area contributed by atoms with Gasteiger partial charge in [-0.2, -0.15) is 30.6 Å². The van der Waals surface area contributed by atoms with Crippen LogP contribution in [-0.4, -0.2) is 92.7 Å². The Morgan fingerprint density at radius 3 is 2.15 bits per heavy atom. The van der Waals surface area contributed by atoms with Gasteiger partial charge in [0.15, 0.2) is 5.96 Å². The number of hydrogen-bond donors (Lipinski definition) is 3. The highest BCUT2D eigenvalue weighted by atomic mass is 32.2. The standard InChI is InChI=1S/C27H35F6N9O3S/c28-26(29,30)20-5-3-18(4-6-20)7-8-36-23(43)19-2-1-10-41(17-19)22-16-21(38-24(39-22)27(31,32)33)40-11-13-42(14-12-40)46(44,45)15-9-37-25(34)35/h3-6,16,19H,1-2,7-15,17H2,(H,36,43)(H4,34,35,37)/t19-/m1/s1. The van der Waals surface area contributed by atoms with E-state index in [1.165, 1.54) is 22.5 Å². The molecule has 0 aliphatic carbocycles. The molecule has 2 aliphatic heterocycles. The van der Waals surface area contributed by atoms with E-state index < -0.39 is 39.7 Å². The predicted molar refractivity (Wildman–Crippen MR) is 158 cm³/mol. The van der Waals surface area contributed by atoms with Crippen molar-refractivity contribution in [2.24, 2.45) is 22.4 Å².